The van der Waals surface area contributed by atoms with E-state index in [-0.39, 0.29) is 22.8 Å². The van der Waals surface area contributed by atoms with E-state index in [0.717, 1.165) is 10.9 Å². The molecule has 3 rings (SSSR count). The van der Waals surface area contributed by atoms with Crippen LogP contribution in [0.4, 0.5) is 13.2 Å². The zero-order valence-corrected chi connectivity index (χ0v) is 18.7. The van der Waals surface area contributed by atoms with E-state index in [9.17, 15) is 22.8 Å². The summed E-state index contributed by atoms with van der Waals surface area (Å²) in [5.41, 5.74) is 5.62. The summed E-state index contributed by atoms with van der Waals surface area (Å²) in [5, 5.41) is 6.70. The number of hydrogen-bond donors (Lipinski definition) is 2. The van der Waals surface area contributed by atoms with Gasteiger partial charge in [-0.25, -0.2) is 9.50 Å². The number of fused-ring (bicyclic) bond motifs is 1. The number of likely N-dealkylation sites (tertiary alicyclic amines) is 1. The molecule has 3 N–H and O–H groups in total. The number of nitrogens with two attached hydrogens (primary N) is 1. The summed E-state index contributed by atoms with van der Waals surface area (Å²) in [4.78, 5) is 31.0. The summed E-state index contributed by atoms with van der Waals surface area (Å²) in [6.45, 7) is 5.83. The molecule has 3 heterocycles. The van der Waals surface area contributed by atoms with Gasteiger partial charge in [-0.15, -0.1) is 0 Å². The molecule has 33 heavy (non-hydrogen) atoms. The highest BCUT2D eigenvalue weighted by Gasteiger charge is 2.37. The van der Waals surface area contributed by atoms with Crippen LogP contribution in [-0.2, 0) is 17.4 Å². The minimum atomic E-state index is -4.67. The van der Waals surface area contributed by atoms with Crippen molar-refractivity contribution in [1.82, 2.24) is 29.7 Å². The first-order valence-corrected chi connectivity index (χ1v) is 10.3. The van der Waals surface area contributed by atoms with Crippen molar-refractivity contribution in [3.63, 3.8) is 0 Å². The van der Waals surface area contributed by atoms with E-state index in [0.29, 0.717) is 43.0 Å². The Balaban J connectivity index is 1.83. The number of halogens is 3. The van der Waals surface area contributed by atoms with Crippen LogP contribution < -0.4 is 11.1 Å². The number of allylic oxidation sites excluding steroid dienone is 1. The quantitative estimate of drug-likeness (QED) is 0.649. The Kier molecular flexibility index (Phi) is 6.65. The smallest absolute Gasteiger partial charge is 0.384 e. The standard InChI is InChI=1S/C21H26F3N7O2/c1-12(29(4)11-16(25)30-9-5-6-17(30)32)7-8-14-10-15(20(33)26-3)19-27-18(21(22,23)24)13(2)31(19)28-14/h10-11H,1,5-9,25H2,2-4H3,(H,26,33)/b16-11+. The molecule has 0 aliphatic carbocycles. The number of carbonyl (C=O) groups is 2. The van der Waals surface area contributed by atoms with Crippen LogP contribution in [0.25, 0.3) is 5.65 Å². The van der Waals surface area contributed by atoms with Gasteiger partial charge in [-0.2, -0.15) is 18.3 Å². The van der Waals surface area contributed by atoms with E-state index >= 15 is 0 Å². The van der Waals surface area contributed by atoms with E-state index < -0.39 is 17.8 Å². The summed E-state index contributed by atoms with van der Waals surface area (Å²) in [6, 6.07) is 1.43. The fraction of sp³-hybridized carbons (Fsp3) is 0.429. The minimum Gasteiger partial charge on any atom is -0.384 e. The van der Waals surface area contributed by atoms with E-state index in [1.54, 1.807) is 18.1 Å². The lowest BCUT2D eigenvalue weighted by Crippen LogP contribution is -2.30. The number of aryl methyl sites for hydroxylation is 2. The Morgan fingerprint density at radius 3 is 2.70 bits per heavy atom. The SMILES string of the molecule is C=C(CCc1cc(C(=O)NC)c2nc(C(F)(F)F)c(C)n2n1)N(C)/C=C(\N)N1CCCC1=O. The largest absolute Gasteiger partial charge is 0.435 e. The molecule has 0 radical (unpaired) electrons. The molecule has 0 atom stereocenters. The zero-order valence-electron chi connectivity index (χ0n) is 18.7. The molecular formula is C21H26F3N7O2. The molecule has 0 saturated carbocycles. The maximum absolute atomic E-state index is 13.3. The van der Waals surface area contributed by atoms with Crippen molar-refractivity contribution in [2.75, 3.05) is 20.6 Å². The van der Waals surface area contributed by atoms with Crippen molar-refractivity contribution >= 4 is 17.5 Å². The number of amides is 2. The Morgan fingerprint density at radius 1 is 1.42 bits per heavy atom. The molecule has 1 aliphatic rings. The van der Waals surface area contributed by atoms with Gasteiger partial charge in [0.1, 0.15) is 5.82 Å². The first-order chi connectivity index (χ1) is 15.4. The average Bonchev–Trinajstić information content (AvgIpc) is 3.33. The molecule has 0 unspecified atom stereocenters. The third-order valence-electron chi connectivity index (χ3n) is 5.48. The lowest BCUT2D eigenvalue weighted by atomic mass is 10.1. The number of nitrogens with one attached hydrogen (secondary N) is 1. The van der Waals surface area contributed by atoms with E-state index in [1.165, 1.54) is 24.9 Å². The number of aromatic nitrogens is 3. The third-order valence-corrected chi connectivity index (χ3v) is 5.48. The van der Waals surface area contributed by atoms with Crippen LogP contribution in [0.1, 0.15) is 46.7 Å². The van der Waals surface area contributed by atoms with E-state index in [1.807, 2.05) is 0 Å². The second-order valence-electron chi connectivity index (χ2n) is 7.79. The summed E-state index contributed by atoms with van der Waals surface area (Å²) in [7, 11) is 3.12. The van der Waals surface area contributed by atoms with E-state index in [2.05, 4.69) is 22.0 Å². The molecular weight excluding hydrogens is 439 g/mol. The maximum Gasteiger partial charge on any atom is 0.435 e. The lowest BCUT2D eigenvalue weighted by molar-refractivity contribution is -0.141. The second kappa shape index (κ2) is 9.12. The van der Waals surface area contributed by atoms with Crippen molar-refractivity contribution in [2.45, 2.75) is 38.8 Å². The van der Waals surface area contributed by atoms with E-state index in [4.69, 9.17) is 5.73 Å². The van der Waals surface area contributed by atoms with Gasteiger partial charge >= 0.3 is 6.18 Å². The Morgan fingerprint density at radius 2 is 2.12 bits per heavy atom. The van der Waals surface area contributed by atoms with Gasteiger partial charge in [-0.1, -0.05) is 6.58 Å². The molecule has 178 valence electrons. The molecule has 9 nitrogen and oxygen atoms in total. The number of nitrogens with zero attached hydrogens (tertiary/aromatic N) is 5. The molecule has 2 aromatic rings. The van der Waals surface area contributed by atoms with Crippen molar-refractivity contribution in [1.29, 1.82) is 0 Å². The van der Waals surface area contributed by atoms with Crippen molar-refractivity contribution in [2.24, 2.45) is 5.73 Å². The second-order valence-corrected chi connectivity index (χ2v) is 7.79. The molecule has 1 saturated heterocycles. The lowest BCUT2D eigenvalue weighted by Gasteiger charge is -2.22. The van der Waals surface area contributed by atoms with Crippen LogP contribution in [0, 0.1) is 6.92 Å². The molecule has 1 aliphatic heterocycles. The number of hydrogen-bond acceptors (Lipinski definition) is 6. The van der Waals surface area contributed by atoms with Crippen LogP contribution in [0.3, 0.4) is 0 Å². The Bertz CT molecular complexity index is 1140. The normalized spacial score (nSPS) is 14.8. The molecule has 1 fully saturated rings. The first kappa shape index (κ1) is 24.1. The summed E-state index contributed by atoms with van der Waals surface area (Å²) in [6.07, 6.45) is -1.15. The first-order valence-electron chi connectivity index (χ1n) is 10.3. The number of carbonyl (C=O) groups excluding carboxylic acids is 2. The molecule has 0 bridgehead atoms. The Hall–Kier alpha value is -3.57. The van der Waals surface area contributed by atoms with Crippen LogP contribution >= 0.6 is 0 Å². The van der Waals surface area contributed by atoms with Crippen LogP contribution in [0.2, 0.25) is 0 Å². The topological polar surface area (TPSA) is 109 Å². The van der Waals surface area contributed by atoms with Gasteiger partial charge in [0.05, 0.1) is 17.0 Å². The van der Waals surface area contributed by atoms with Crippen molar-refractivity contribution in [3.8, 4) is 0 Å². The van der Waals surface area contributed by atoms with Crippen molar-refractivity contribution in [3.05, 3.63) is 53.0 Å². The molecule has 2 aromatic heterocycles. The van der Waals surface area contributed by atoms with Gasteiger partial charge in [-0.05, 0) is 32.3 Å². The highest BCUT2D eigenvalue weighted by molar-refractivity contribution is 5.99. The van der Waals surface area contributed by atoms with Gasteiger partial charge < -0.3 is 16.0 Å². The molecule has 0 aromatic carbocycles. The minimum absolute atomic E-state index is 0.00301. The van der Waals surface area contributed by atoms with Crippen LogP contribution in [-0.4, -0.2) is 56.9 Å². The summed E-state index contributed by atoms with van der Waals surface area (Å²) >= 11 is 0. The molecule has 0 spiro atoms. The highest BCUT2D eigenvalue weighted by atomic mass is 19.4. The van der Waals surface area contributed by atoms with Crippen LogP contribution in [0.5, 0.6) is 0 Å². The van der Waals surface area contributed by atoms with Gasteiger partial charge in [0.2, 0.25) is 5.91 Å². The number of rotatable bonds is 7. The van der Waals surface area contributed by atoms with Gasteiger partial charge in [0.15, 0.2) is 11.3 Å². The monoisotopic (exact) mass is 465 g/mol. The summed E-state index contributed by atoms with van der Waals surface area (Å²) in [5.74, 6) is -0.281. The highest BCUT2D eigenvalue weighted by Crippen LogP contribution is 2.32. The fourth-order valence-corrected chi connectivity index (χ4v) is 3.60. The average molecular weight is 465 g/mol. The van der Waals surface area contributed by atoms with Gasteiger partial charge in [-0.3, -0.25) is 14.5 Å². The van der Waals surface area contributed by atoms with Crippen molar-refractivity contribution < 1.29 is 22.8 Å². The predicted octanol–water partition coefficient (Wildman–Crippen LogP) is 2.17. The zero-order chi connectivity index (χ0) is 24.5. The Labute approximate surface area is 188 Å². The van der Waals surface area contributed by atoms with Crippen LogP contribution in [0.15, 0.2) is 30.4 Å². The predicted molar refractivity (Wildman–Crippen MR) is 115 cm³/mol. The molecule has 2 amide bonds. The maximum atomic E-state index is 13.3. The molecule has 12 heteroatoms. The number of alkyl halides is 3. The third kappa shape index (κ3) is 4.94. The van der Waals surface area contributed by atoms with Gasteiger partial charge in [0, 0.05) is 39.0 Å². The summed E-state index contributed by atoms with van der Waals surface area (Å²) < 4.78 is 41.0. The van der Waals surface area contributed by atoms with Gasteiger partial charge in [0.25, 0.3) is 5.91 Å². The number of imidazole rings is 1. The fourth-order valence-electron chi connectivity index (χ4n) is 3.60.